The molecule has 1 aromatic carbocycles. The van der Waals surface area contributed by atoms with Crippen molar-refractivity contribution in [2.75, 3.05) is 13.7 Å². The first-order valence-corrected chi connectivity index (χ1v) is 6.02. The summed E-state index contributed by atoms with van der Waals surface area (Å²) in [5, 5.41) is 0. The number of hydrogen-bond donors (Lipinski definition) is 0. The first kappa shape index (κ1) is 13.1. The van der Waals surface area contributed by atoms with E-state index >= 15 is 0 Å². The number of benzene rings is 1. The molecule has 1 aromatic heterocycles. The molecule has 98 valence electrons. The van der Waals surface area contributed by atoms with Crippen LogP contribution < -0.4 is 9.47 Å². The highest BCUT2D eigenvalue weighted by molar-refractivity contribution is 6.10. The summed E-state index contributed by atoms with van der Waals surface area (Å²) in [4.78, 5) is 16.4. The number of ketones is 1. The molecule has 0 aliphatic heterocycles. The van der Waals surface area contributed by atoms with Crippen molar-refractivity contribution in [2.45, 2.75) is 6.92 Å². The number of carbonyl (C=O) groups excluding carboxylic acids is 1. The second-order valence-corrected chi connectivity index (χ2v) is 3.85. The zero-order valence-electron chi connectivity index (χ0n) is 10.9. The normalized spacial score (nSPS) is 10.0. The Balaban J connectivity index is 2.35. The van der Waals surface area contributed by atoms with Crippen LogP contribution >= 0.6 is 0 Å². The van der Waals surface area contributed by atoms with Crippen LogP contribution in [0, 0.1) is 0 Å². The lowest BCUT2D eigenvalue weighted by atomic mass is 10.0. The lowest BCUT2D eigenvalue weighted by molar-refractivity contribution is 0.103. The van der Waals surface area contributed by atoms with Crippen molar-refractivity contribution in [2.24, 2.45) is 0 Å². The number of ether oxygens (including phenoxy) is 2. The monoisotopic (exact) mass is 257 g/mol. The predicted octanol–water partition coefficient (Wildman–Crippen LogP) is 2.72. The minimum absolute atomic E-state index is 0.133. The van der Waals surface area contributed by atoms with Gasteiger partial charge in [-0.25, -0.2) is 4.98 Å². The Hall–Kier alpha value is -2.36. The smallest absolute Gasteiger partial charge is 0.224 e. The summed E-state index contributed by atoms with van der Waals surface area (Å²) in [6, 6.07) is 10.5. The van der Waals surface area contributed by atoms with E-state index in [1.54, 1.807) is 36.5 Å². The molecule has 19 heavy (non-hydrogen) atoms. The number of rotatable bonds is 5. The number of carbonyl (C=O) groups is 1. The average Bonchev–Trinajstić information content (AvgIpc) is 2.47. The fraction of sp³-hybridized carbons (Fsp3) is 0.200. The largest absolute Gasteiger partial charge is 0.494 e. The van der Waals surface area contributed by atoms with E-state index < -0.39 is 0 Å². The van der Waals surface area contributed by atoms with E-state index in [9.17, 15) is 4.79 Å². The SMILES string of the molecule is CCOc1cccc(C(=O)c2cccnc2OC)c1. The lowest BCUT2D eigenvalue weighted by Crippen LogP contribution is -2.05. The number of aromatic nitrogens is 1. The fourth-order valence-electron chi connectivity index (χ4n) is 1.78. The highest BCUT2D eigenvalue weighted by Gasteiger charge is 2.15. The Labute approximate surface area is 112 Å². The fourth-order valence-corrected chi connectivity index (χ4v) is 1.78. The van der Waals surface area contributed by atoms with E-state index in [0.717, 1.165) is 0 Å². The molecule has 1 heterocycles. The molecule has 4 heteroatoms. The van der Waals surface area contributed by atoms with Crippen molar-refractivity contribution in [1.82, 2.24) is 4.98 Å². The molecule has 0 spiro atoms. The number of methoxy groups -OCH3 is 1. The molecule has 0 saturated carbocycles. The molecule has 0 saturated heterocycles. The standard InChI is InChI=1S/C15H15NO3/c1-3-19-12-7-4-6-11(10-12)14(17)13-8-5-9-16-15(13)18-2/h4-10H,3H2,1-2H3. The van der Waals surface area contributed by atoms with Crippen molar-refractivity contribution in [3.8, 4) is 11.6 Å². The summed E-state index contributed by atoms with van der Waals surface area (Å²) in [6.45, 7) is 2.46. The van der Waals surface area contributed by atoms with Gasteiger partial charge in [0.25, 0.3) is 0 Å². The Kier molecular flexibility index (Phi) is 4.13. The summed E-state index contributed by atoms with van der Waals surface area (Å²) in [5.74, 6) is 0.872. The van der Waals surface area contributed by atoms with E-state index in [4.69, 9.17) is 9.47 Å². The number of nitrogens with zero attached hydrogens (tertiary/aromatic N) is 1. The minimum atomic E-state index is -0.133. The molecule has 0 unspecified atom stereocenters. The van der Waals surface area contributed by atoms with Gasteiger partial charge < -0.3 is 9.47 Å². The summed E-state index contributed by atoms with van der Waals surface area (Å²) in [6.07, 6.45) is 1.59. The number of pyridine rings is 1. The van der Waals surface area contributed by atoms with E-state index in [-0.39, 0.29) is 5.78 Å². The lowest BCUT2D eigenvalue weighted by Gasteiger charge is -2.07. The third kappa shape index (κ3) is 2.91. The molecule has 2 aromatic rings. The Morgan fingerprint density at radius 3 is 2.84 bits per heavy atom. The summed E-state index contributed by atoms with van der Waals surface area (Å²) < 4.78 is 10.5. The molecule has 0 amide bonds. The third-order valence-electron chi connectivity index (χ3n) is 2.62. The molecule has 0 aliphatic carbocycles. The van der Waals surface area contributed by atoms with Gasteiger partial charge in [-0.05, 0) is 31.2 Å². The molecule has 2 rings (SSSR count). The van der Waals surface area contributed by atoms with Gasteiger partial charge in [0.1, 0.15) is 5.75 Å². The van der Waals surface area contributed by atoms with E-state index in [0.29, 0.717) is 29.4 Å². The minimum Gasteiger partial charge on any atom is -0.494 e. The molecule has 0 atom stereocenters. The van der Waals surface area contributed by atoms with Gasteiger partial charge >= 0.3 is 0 Å². The van der Waals surface area contributed by atoms with Crippen molar-refractivity contribution in [1.29, 1.82) is 0 Å². The van der Waals surface area contributed by atoms with E-state index in [1.165, 1.54) is 7.11 Å². The van der Waals surface area contributed by atoms with Crippen LogP contribution in [0.1, 0.15) is 22.8 Å². The zero-order chi connectivity index (χ0) is 13.7. The molecule has 0 fully saturated rings. The quantitative estimate of drug-likeness (QED) is 0.773. The maximum Gasteiger partial charge on any atom is 0.224 e. The molecule has 0 radical (unpaired) electrons. The molecule has 0 bridgehead atoms. The van der Waals surface area contributed by atoms with Gasteiger partial charge in [-0.1, -0.05) is 12.1 Å². The average molecular weight is 257 g/mol. The highest BCUT2D eigenvalue weighted by atomic mass is 16.5. The molecular weight excluding hydrogens is 242 g/mol. The van der Waals surface area contributed by atoms with Crippen LogP contribution in [0.15, 0.2) is 42.6 Å². The van der Waals surface area contributed by atoms with Crippen molar-refractivity contribution in [3.63, 3.8) is 0 Å². The second-order valence-electron chi connectivity index (χ2n) is 3.85. The van der Waals surface area contributed by atoms with Crippen molar-refractivity contribution in [3.05, 3.63) is 53.7 Å². The van der Waals surface area contributed by atoms with Crippen LogP contribution in [0.2, 0.25) is 0 Å². The zero-order valence-corrected chi connectivity index (χ0v) is 10.9. The van der Waals surface area contributed by atoms with Gasteiger partial charge in [-0.2, -0.15) is 0 Å². The topological polar surface area (TPSA) is 48.4 Å². The Morgan fingerprint density at radius 2 is 2.11 bits per heavy atom. The van der Waals surface area contributed by atoms with Crippen LogP contribution in [-0.4, -0.2) is 24.5 Å². The molecule has 0 N–H and O–H groups in total. The van der Waals surface area contributed by atoms with Gasteiger partial charge in [-0.3, -0.25) is 4.79 Å². The van der Waals surface area contributed by atoms with Crippen LogP contribution in [0.3, 0.4) is 0 Å². The molecule has 0 aliphatic rings. The van der Waals surface area contributed by atoms with Crippen LogP contribution in [0.5, 0.6) is 11.6 Å². The van der Waals surface area contributed by atoms with Gasteiger partial charge in [0, 0.05) is 11.8 Å². The maximum absolute atomic E-state index is 12.4. The van der Waals surface area contributed by atoms with Crippen molar-refractivity contribution >= 4 is 5.78 Å². The van der Waals surface area contributed by atoms with Gasteiger partial charge in [0.05, 0.1) is 19.3 Å². The predicted molar refractivity (Wildman–Crippen MR) is 71.8 cm³/mol. The first-order valence-electron chi connectivity index (χ1n) is 6.02. The molecular formula is C15H15NO3. The van der Waals surface area contributed by atoms with Gasteiger partial charge in [0.15, 0.2) is 5.78 Å². The molecule has 4 nitrogen and oxygen atoms in total. The summed E-state index contributed by atoms with van der Waals surface area (Å²) in [5.41, 5.74) is 0.996. The van der Waals surface area contributed by atoms with Gasteiger partial charge in [0.2, 0.25) is 5.88 Å². The Morgan fingerprint density at radius 1 is 1.26 bits per heavy atom. The Bertz CT molecular complexity index is 581. The highest BCUT2D eigenvalue weighted by Crippen LogP contribution is 2.21. The third-order valence-corrected chi connectivity index (χ3v) is 2.62. The summed E-state index contributed by atoms with van der Waals surface area (Å²) >= 11 is 0. The van der Waals surface area contributed by atoms with E-state index in [1.807, 2.05) is 13.0 Å². The first-order chi connectivity index (χ1) is 9.26. The van der Waals surface area contributed by atoms with Crippen molar-refractivity contribution < 1.29 is 14.3 Å². The van der Waals surface area contributed by atoms with Crippen LogP contribution in [0.4, 0.5) is 0 Å². The van der Waals surface area contributed by atoms with Crippen LogP contribution in [0.25, 0.3) is 0 Å². The summed E-state index contributed by atoms with van der Waals surface area (Å²) in [7, 11) is 1.50. The number of hydrogen-bond acceptors (Lipinski definition) is 4. The second kappa shape index (κ2) is 6.00. The van der Waals surface area contributed by atoms with Crippen LogP contribution in [-0.2, 0) is 0 Å². The van der Waals surface area contributed by atoms with Gasteiger partial charge in [-0.15, -0.1) is 0 Å². The van der Waals surface area contributed by atoms with E-state index in [2.05, 4.69) is 4.98 Å². The maximum atomic E-state index is 12.4.